The van der Waals surface area contributed by atoms with Crippen molar-refractivity contribution in [2.45, 2.75) is 69.9 Å². The second-order valence-corrected chi connectivity index (χ2v) is 7.73. The lowest BCUT2D eigenvalue weighted by Gasteiger charge is -2.36. The number of amides is 2. The number of aromatic nitrogens is 3. The van der Waals surface area contributed by atoms with E-state index >= 15 is 0 Å². The highest BCUT2D eigenvalue weighted by molar-refractivity contribution is 5.88. The van der Waals surface area contributed by atoms with Crippen LogP contribution in [0.3, 0.4) is 0 Å². The van der Waals surface area contributed by atoms with Gasteiger partial charge in [0, 0.05) is 30.5 Å². The largest absolute Gasteiger partial charge is 0.323 e. The van der Waals surface area contributed by atoms with Gasteiger partial charge in [-0.2, -0.15) is 5.10 Å². The molecule has 144 valence electrons. The van der Waals surface area contributed by atoms with E-state index in [9.17, 15) is 4.79 Å². The van der Waals surface area contributed by atoms with Gasteiger partial charge in [0.25, 0.3) is 0 Å². The molecule has 0 spiro atoms. The van der Waals surface area contributed by atoms with E-state index in [2.05, 4.69) is 21.5 Å². The van der Waals surface area contributed by atoms with Gasteiger partial charge in [-0.05, 0) is 57.1 Å². The summed E-state index contributed by atoms with van der Waals surface area (Å²) in [5.41, 5.74) is 1.10. The zero-order chi connectivity index (χ0) is 18.5. The molecule has 3 heterocycles. The Morgan fingerprint density at radius 3 is 2.74 bits per heavy atom. The molecular formula is C21H29N5O. The van der Waals surface area contributed by atoms with Gasteiger partial charge in [-0.3, -0.25) is 10.3 Å². The first-order valence-corrected chi connectivity index (χ1v) is 10.3. The summed E-state index contributed by atoms with van der Waals surface area (Å²) in [6, 6.07) is 8.67. The van der Waals surface area contributed by atoms with Gasteiger partial charge in [-0.1, -0.05) is 18.9 Å². The van der Waals surface area contributed by atoms with Crippen molar-refractivity contribution in [2.75, 3.05) is 11.9 Å². The summed E-state index contributed by atoms with van der Waals surface area (Å²) in [5.74, 6) is 0.834. The topological polar surface area (TPSA) is 63.1 Å². The van der Waals surface area contributed by atoms with Crippen LogP contribution in [0.4, 0.5) is 10.6 Å². The lowest BCUT2D eigenvalue weighted by Crippen LogP contribution is -2.46. The molecule has 1 saturated heterocycles. The number of nitrogens with zero attached hydrogens (tertiary/aromatic N) is 4. The van der Waals surface area contributed by atoms with E-state index in [0.717, 1.165) is 56.6 Å². The monoisotopic (exact) mass is 367 g/mol. The highest BCUT2D eigenvalue weighted by Gasteiger charge is 2.28. The number of piperidine rings is 1. The molecule has 1 atom stereocenters. The summed E-state index contributed by atoms with van der Waals surface area (Å²) < 4.78 is 2.01. The minimum atomic E-state index is 0.0143. The fraction of sp³-hybridized carbons (Fsp3) is 0.571. The Morgan fingerprint density at radius 2 is 1.93 bits per heavy atom. The second-order valence-electron chi connectivity index (χ2n) is 7.73. The van der Waals surface area contributed by atoms with Crippen LogP contribution in [-0.2, 0) is 6.42 Å². The van der Waals surface area contributed by atoms with E-state index < -0.39 is 0 Å². The predicted octanol–water partition coefficient (Wildman–Crippen LogP) is 4.41. The quantitative estimate of drug-likeness (QED) is 0.851. The number of pyridine rings is 1. The Kier molecular flexibility index (Phi) is 5.70. The molecule has 1 saturated carbocycles. The fourth-order valence-electron chi connectivity index (χ4n) is 4.46. The van der Waals surface area contributed by atoms with E-state index in [4.69, 9.17) is 0 Å². The van der Waals surface area contributed by atoms with Crippen LogP contribution in [0.1, 0.15) is 63.1 Å². The molecule has 2 aromatic heterocycles. The first-order valence-electron chi connectivity index (χ1n) is 10.3. The molecule has 4 rings (SSSR count). The number of carbonyl (C=O) groups is 1. The molecule has 1 aliphatic carbocycles. The fourth-order valence-corrected chi connectivity index (χ4v) is 4.46. The zero-order valence-corrected chi connectivity index (χ0v) is 15.9. The van der Waals surface area contributed by atoms with Crippen LogP contribution in [-0.4, -0.2) is 38.3 Å². The molecule has 1 unspecified atom stereocenters. The van der Waals surface area contributed by atoms with Gasteiger partial charge in [0.2, 0.25) is 0 Å². The van der Waals surface area contributed by atoms with Gasteiger partial charge in [-0.15, -0.1) is 0 Å². The van der Waals surface area contributed by atoms with Crippen molar-refractivity contribution in [1.29, 1.82) is 0 Å². The van der Waals surface area contributed by atoms with Crippen molar-refractivity contribution in [3.63, 3.8) is 0 Å². The Labute approximate surface area is 161 Å². The Balaban J connectivity index is 1.39. The minimum Gasteiger partial charge on any atom is -0.322 e. The van der Waals surface area contributed by atoms with Gasteiger partial charge in [0.05, 0.1) is 12.2 Å². The van der Waals surface area contributed by atoms with Crippen LogP contribution in [0.25, 0.3) is 0 Å². The lowest BCUT2D eigenvalue weighted by atomic mass is 9.97. The van der Waals surface area contributed by atoms with E-state index in [0.29, 0.717) is 6.04 Å². The number of carbonyl (C=O) groups excluding carboxylic acids is 1. The van der Waals surface area contributed by atoms with E-state index in [1.54, 1.807) is 6.20 Å². The maximum absolute atomic E-state index is 13.0. The molecule has 27 heavy (non-hydrogen) atoms. The SMILES string of the molecule is O=C(Nc1ccnn1C1CCCC1)N1CCCCC1CCc1ccccn1. The number of aryl methyl sites for hydroxylation is 1. The molecule has 6 nitrogen and oxygen atoms in total. The molecule has 0 bridgehead atoms. The highest BCUT2D eigenvalue weighted by atomic mass is 16.2. The molecule has 0 aromatic carbocycles. The number of hydrogen-bond acceptors (Lipinski definition) is 3. The first-order chi connectivity index (χ1) is 13.3. The highest BCUT2D eigenvalue weighted by Crippen LogP contribution is 2.31. The number of rotatable bonds is 5. The third-order valence-electron chi connectivity index (χ3n) is 5.92. The maximum atomic E-state index is 13.0. The van der Waals surface area contributed by atoms with Crippen LogP contribution < -0.4 is 5.32 Å². The predicted molar refractivity (Wildman–Crippen MR) is 106 cm³/mol. The van der Waals surface area contributed by atoms with Crippen molar-refractivity contribution < 1.29 is 4.79 Å². The number of hydrogen-bond donors (Lipinski definition) is 1. The molecular weight excluding hydrogens is 338 g/mol. The van der Waals surface area contributed by atoms with Crippen LogP contribution >= 0.6 is 0 Å². The molecule has 6 heteroatoms. The van der Waals surface area contributed by atoms with Crippen molar-refractivity contribution in [3.05, 3.63) is 42.4 Å². The van der Waals surface area contributed by atoms with Crippen LogP contribution in [0, 0.1) is 0 Å². The second kappa shape index (κ2) is 8.55. The van der Waals surface area contributed by atoms with E-state index in [-0.39, 0.29) is 12.1 Å². The zero-order valence-electron chi connectivity index (χ0n) is 15.9. The van der Waals surface area contributed by atoms with E-state index in [1.165, 1.54) is 19.3 Å². The Hall–Kier alpha value is -2.37. The average Bonchev–Trinajstić information content (AvgIpc) is 3.39. The molecule has 1 aliphatic heterocycles. The summed E-state index contributed by atoms with van der Waals surface area (Å²) in [7, 11) is 0. The maximum Gasteiger partial charge on any atom is 0.323 e. The number of nitrogens with one attached hydrogen (secondary N) is 1. The summed E-state index contributed by atoms with van der Waals surface area (Å²) in [6.07, 6.45) is 13.7. The van der Waals surface area contributed by atoms with Gasteiger partial charge in [-0.25, -0.2) is 9.48 Å². The summed E-state index contributed by atoms with van der Waals surface area (Å²) in [5, 5.41) is 7.60. The summed E-state index contributed by atoms with van der Waals surface area (Å²) in [6.45, 7) is 0.830. The summed E-state index contributed by atoms with van der Waals surface area (Å²) >= 11 is 0. The van der Waals surface area contributed by atoms with Crippen molar-refractivity contribution in [2.24, 2.45) is 0 Å². The first kappa shape index (κ1) is 18.0. The van der Waals surface area contributed by atoms with Gasteiger partial charge < -0.3 is 4.90 Å². The molecule has 2 aliphatic rings. The average molecular weight is 367 g/mol. The van der Waals surface area contributed by atoms with Crippen LogP contribution in [0.15, 0.2) is 36.7 Å². The summed E-state index contributed by atoms with van der Waals surface area (Å²) in [4.78, 5) is 19.5. The molecule has 0 radical (unpaired) electrons. The number of urea groups is 1. The van der Waals surface area contributed by atoms with Crippen molar-refractivity contribution in [3.8, 4) is 0 Å². The van der Waals surface area contributed by atoms with Crippen LogP contribution in [0.2, 0.25) is 0 Å². The lowest BCUT2D eigenvalue weighted by molar-refractivity contribution is 0.158. The number of likely N-dealkylation sites (tertiary alicyclic amines) is 1. The third-order valence-corrected chi connectivity index (χ3v) is 5.92. The standard InChI is InChI=1S/C21H29N5O/c27-21(24-20-13-15-23-26(20)19-9-1-2-10-19)25-16-6-4-8-18(25)12-11-17-7-3-5-14-22-17/h3,5,7,13-15,18-19H,1-2,4,6,8-12,16H2,(H,24,27). The third kappa shape index (κ3) is 4.31. The normalized spacial score (nSPS) is 20.7. The Morgan fingerprint density at radius 1 is 1.07 bits per heavy atom. The van der Waals surface area contributed by atoms with Gasteiger partial charge in [0.15, 0.2) is 0 Å². The Bertz CT molecular complexity index is 738. The molecule has 2 aromatic rings. The van der Waals surface area contributed by atoms with Crippen LogP contribution in [0.5, 0.6) is 0 Å². The van der Waals surface area contributed by atoms with Crippen molar-refractivity contribution >= 4 is 11.8 Å². The molecule has 2 fully saturated rings. The smallest absolute Gasteiger partial charge is 0.322 e. The molecule has 1 N–H and O–H groups in total. The van der Waals surface area contributed by atoms with E-state index in [1.807, 2.05) is 34.0 Å². The minimum absolute atomic E-state index is 0.0143. The van der Waals surface area contributed by atoms with Crippen molar-refractivity contribution in [1.82, 2.24) is 19.7 Å². The number of anilines is 1. The van der Waals surface area contributed by atoms with Gasteiger partial charge >= 0.3 is 6.03 Å². The van der Waals surface area contributed by atoms with Gasteiger partial charge in [0.1, 0.15) is 5.82 Å². The molecule has 2 amide bonds.